The Bertz CT molecular complexity index is 894. The Morgan fingerprint density at radius 1 is 1.23 bits per heavy atom. The second-order valence-corrected chi connectivity index (χ2v) is 5.96. The molecule has 1 aromatic carbocycles. The number of aryl methyl sites for hydroxylation is 2. The van der Waals surface area contributed by atoms with Crippen LogP contribution in [0.4, 0.5) is 5.69 Å². The normalized spacial score (nSPS) is 10.5. The summed E-state index contributed by atoms with van der Waals surface area (Å²) in [5, 5.41) is 9.44. The summed E-state index contributed by atoms with van der Waals surface area (Å²) in [6.45, 7) is 2.40. The van der Waals surface area contributed by atoms with Gasteiger partial charge in [-0.2, -0.15) is 5.10 Å². The Labute approximate surface area is 150 Å². The Morgan fingerprint density at radius 3 is 2.77 bits per heavy atom. The number of benzene rings is 1. The van der Waals surface area contributed by atoms with Crippen molar-refractivity contribution in [3.05, 3.63) is 66.0 Å². The molecule has 0 bridgehead atoms. The molecule has 0 spiro atoms. The van der Waals surface area contributed by atoms with E-state index in [0.717, 1.165) is 11.3 Å². The number of imidazole rings is 1. The van der Waals surface area contributed by atoms with E-state index in [9.17, 15) is 9.59 Å². The van der Waals surface area contributed by atoms with Gasteiger partial charge in [-0.3, -0.25) is 14.3 Å². The molecule has 0 saturated heterocycles. The van der Waals surface area contributed by atoms with Gasteiger partial charge in [-0.15, -0.1) is 0 Å². The van der Waals surface area contributed by atoms with Crippen LogP contribution in [0.2, 0.25) is 0 Å². The van der Waals surface area contributed by atoms with Crippen molar-refractivity contribution in [2.24, 2.45) is 7.05 Å². The summed E-state index contributed by atoms with van der Waals surface area (Å²) in [4.78, 5) is 28.1. The van der Waals surface area contributed by atoms with Crippen molar-refractivity contribution >= 4 is 17.5 Å². The summed E-state index contributed by atoms with van der Waals surface area (Å²) in [7, 11) is 1.76. The molecule has 2 N–H and O–H groups in total. The average molecular weight is 352 g/mol. The highest BCUT2D eigenvalue weighted by molar-refractivity contribution is 5.98. The number of aromatic nitrogens is 4. The maximum absolute atomic E-state index is 12.1. The molecule has 0 fully saturated rings. The summed E-state index contributed by atoms with van der Waals surface area (Å²) < 4.78 is 3.55. The lowest BCUT2D eigenvalue weighted by molar-refractivity contribution is -0.115. The molecule has 134 valence electrons. The van der Waals surface area contributed by atoms with Crippen LogP contribution in [0.5, 0.6) is 0 Å². The fourth-order valence-corrected chi connectivity index (χ4v) is 2.47. The number of carbonyl (C=O) groups is 2. The van der Waals surface area contributed by atoms with Crippen LogP contribution in [0.1, 0.15) is 21.7 Å². The lowest BCUT2D eigenvalue weighted by Crippen LogP contribution is -2.33. The molecule has 2 aromatic heterocycles. The maximum Gasteiger partial charge on any atom is 0.272 e. The summed E-state index contributed by atoms with van der Waals surface area (Å²) in [5.74, 6) is -0.677. The topological polar surface area (TPSA) is 93.8 Å². The van der Waals surface area contributed by atoms with E-state index >= 15 is 0 Å². The molecule has 0 radical (unpaired) electrons. The number of anilines is 1. The van der Waals surface area contributed by atoms with Crippen molar-refractivity contribution in [2.75, 3.05) is 11.9 Å². The molecule has 0 aliphatic rings. The molecule has 2 amide bonds. The van der Waals surface area contributed by atoms with Gasteiger partial charge in [-0.05, 0) is 30.7 Å². The quantitative estimate of drug-likeness (QED) is 0.700. The minimum atomic E-state index is -0.377. The van der Waals surface area contributed by atoms with Gasteiger partial charge in [0.15, 0.2) is 0 Å². The van der Waals surface area contributed by atoms with Crippen molar-refractivity contribution in [1.29, 1.82) is 0 Å². The number of amides is 2. The standard InChI is InChI=1S/C18H20N6O2/c1-13-8-16(22-23(13)2)18(26)20-10-17(25)21-15-5-3-4-14(9-15)11-24-7-6-19-12-24/h3-9,12H,10-11H2,1-2H3,(H,20,26)(H,21,25). The van der Waals surface area contributed by atoms with Crippen molar-refractivity contribution in [2.45, 2.75) is 13.5 Å². The van der Waals surface area contributed by atoms with Crippen LogP contribution in [0.15, 0.2) is 49.1 Å². The molecule has 0 unspecified atom stereocenters. The van der Waals surface area contributed by atoms with Gasteiger partial charge in [0, 0.05) is 37.4 Å². The second-order valence-electron chi connectivity index (χ2n) is 5.96. The van der Waals surface area contributed by atoms with Gasteiger partial charge in [-0.25, -0.2) is 4.98 Å². The van der Waals surface area contributed by atoms with Gasteiger partial charge in [0.2, 0.25) is 5.91 Å². The third-order valence-electron chi connectivity index (χ3n) is 3.89. The number of hydrogen-bond acceptors (Lipinski definition) is 4. The minimum absolute atomic E-state index is 0.125. The number of nitrogens with one attached hydrogen (secondary N) is 2. The third kappa shape index (κ3) is 4.35. The van der Waals surface area contributed by atoms with Crippen molar-refractivity contribution in [1.82, 2.24) is 24.6 Å². The lowest BCUT2D eigenvalue weighted by Gasteiger charge is -2.08. The first-order valence-corrected chi connectivity index (χ1v) is 8.14. The van der Waals surface area contributed by atoms with E-state index in [4.69, 9.17) is 0 Å². The van der Waals surface area contributed by atoms with Gasteiger partial charge in [0.1, 0.15) is 5.69 Å². The van der Waals surface area contributed by atoms with Gasteiger partial charge >= 0.3 is 0 Å². The van der Waals surface area contributed by atoms with Crippen molar-refractivity contribution in [3.63, 3.8) is 0 Å². The van der Waals surface area contributed by atoms with E-state index in [1.54, 1.807) is 36.4 Å². The predicted molar refractivity (Wildman–Crippen MR) is 96.7 cm³/mol. The van der Waals surface area contributed by atoms with E-state index in [1.807, 2.05) is 35.9 Å². The second kappa shape index (κ2) is 7.64. The molecule has 3 aromatic rings. The maximum atomic E-state index is 12.1. The monoisotopic (exact) mass is 352 g/mol. The molecule has 0 atom stereocenters. The highest BCUT2D eigenvalue weighted by Gasteiger charge is 2.12. The molecule has 8 heteroatoms. The first kappa shape index (κ1) is 17.4. The zero-order chi connectivity index (χ0) is 18.5. The molecular formula is C18H20N6O2. The molecular weight excluding hydrogens is 332 g/mol. The number of rotatable bonds is 6. The third-order valence-corrected chi connectivity index (χ3v) is 3.89. The van der Waals surface area contributed by atoms with Crippen LogP contribution in [0.25, 0.3) is 0 Å². The van der Waals surface area contributed by atoms with Crippen molar-refractivity contribution in [3.8, 4) is 0 Å². The molecule has 3 rings (SSSR count). The first-order chi connectivity index (χ1) is 12.5. The van der Waals surface area contributed by atoms with Gasteiger partial charge in [-0.1, -0.05) is 12.1 Å². The molecule has 0 aliphatic heterocycles. The summed E-state index contributed by atoms with van der Waals surface area (Å²) >= 11 is 0. The van der Waals surface area contributed by atoms with Gasteiger partial charge in [0.05, 0.1) is 12.9 Å². The van der Waals surface area contributed by atoms with E-state index in [2.05, 4.69) is 20.7 Å². The van der Waals surface area contributed by atoms with Crippen LogP contribution in [-0.2, 0) is 18.4 Å². The smallest absolute Gasteiger partial charge is 0.272 e. The predicted octanol–water partition coefficient (Wildman–Crippen LogP) is 1.34. The number of carbonyl (C=O) groups excluding carboxylic acids is 2. The molecule has 26 heavy (non-hydrogen) atoms. The van der Waals surface area contributed by atoms with Crippen LogP contribution in [0.3, 0.4) is 0 Å². The average Bonchev–Trinajstić information content (AvgIpc) is 3.23. The van der Waals surface area contributed by atoms with E-state index in [1.165, 1.54) is 0 Å². The Morgan fingerprint density at radius 2 is 2.08 bits per heavy atom. The van der Waals surface area contributed by atoms with Crippen LogP contribution in [0, 0.1) is 6.92 Å². The largest absolute Gasteiger partial charge is 0.342 e. The first-order valence-electron chi connectivity index (χ1n) is 8.14. The Hall–Kier alpha value is -3.42. The highest BCUT2D eigenvalue weighted by atomic mass is 16.2. The summed E-state index contributed by atoms with van der Waals surface area (Å²) in [6, 6.07) is 9.21. The van der Waals surface area contributed by atoms with E-state index < -0.39 is 0 Å². The van der Waals surface area contributed by atoms with Crippen LogP contribution >= 0.6 is 0 Å². The zero-order valence-electron chi connectivity index (χ0n) is 14.6. The van der Waals surface area contributed by atoms with Gasteiger partial charge < -0.3 is 15.2 Å². The number of nitrogens with zero attached hydrogens (tertiary/aromatic N) is 4. The minimum Gasteiger partial charge on any atom is -0.342 e. The van der Waals surface area contributed by atoms with E-state index in [-0.39, 0.29) is 18.4 Å². The molecule has 0 aliphatic carbocycles. The zero-order valence-corrected chi connectivity index (χ0v) is 14.6. The van der Waals surface area contributed by atoms with Crippen LogP contribution in [-0.4, -0.2) is 37.7 Å². The fourth-order valence-electron chi connectivity index (χ4n) is 2.47. The highest BCUT2D eigenvalue weighted by Crippen LogP contribution is 2.12. The summed E-state index contributed by atoms with van der Waals surface area (Å²) in [5.41, 5.74) is 2.87. The fraction of sp³-hybridized carbons (Fsp3) is 0.222. The van der Waals surface area contributed by atoms with Crippen molar-refractivity contribution < 1.29 is 9.59 Å². The Kier molecular flexibility index (Phi) is 5.12. The molecule has 8 nitrogen and oxygen atoms in total. The van der Waals surface area contributed by atoms with Crippen LogP contribution < -0.4 is 10.6 Å². The summed E-state index contributed by atoms with van der Waals surface area (Å²) in [6.07, 6.45) is 5.33. The molecule has 0 saturated carbocycles. The molecule has 2 heterocycles. The van der Waals surface area contributed by atoms with Gasteiger partial charge in [0.25, 0.3) is 5.91 Å². The lowest BCUT2D eigenvalue weighted by atomic mass is 10.2. The Balaban J connectivity index is 1.54. The SMILES string of the molecule is Cc1cc(C(=O)NCC(=O)Nc2cccc(Cn3ccnc3)c2)nn1C. The number of hydrogen-bond donors (Lipinski definition) is 2. The van der Waals surface area contributed by atoms with E-state index in [0.29, 0.717) is 17.9 Å².